The molecule has 12 aromatic carbocycles. The van der Waals surface area contributed by atoms with E-state index in [1.54, 1.807) is 11.3 Å². The van der Waals surface area contributed by atoms with Gasteiger partial charge in [0.1, 0.15) is 12.1 Å². The van der Waals surface area contributed by atoms with Crippen LogP contribution in [0.25, 0.3) is 152 Å². The van der Waals surface area contributed by atoms with E-state index >= 15 is 0 Å². The molecule has 0 atom stereocenters. The van der Waals surface area contributed by atoms with Crippen molar-refractivity contribution < 1.29 is 0 Å². The molecule has 374 valence electrons. The molecule has 0 aliphatic heterocycles. The van der Waals surface area contributed by atoms with Gasteiger partial charge >= 0.3 is 0 Å². The lowest BCUT2D eigenvalue weighted by Gasteiger charge is -2.27. The number of hydrogen-bond acceptors (Lipinski definition) is 3. The van der Waals surface area contributed by atoms with E-state index in [4.69, 9.17) is 0 Å². The Kier molecular flexibility index (Phi) is 9.62. The first kappa shape index (κ1) is 45.1. The van der Waals surface area contributed by atoms with Crippen molar-refractivity contribution in [1.29, 1.82) is 10.5 Å². The van der Waals surface area contributed by atoms with Crippen molar-refractivity contribution in [2.75, 3.05) is 0 Å². The highest BCUT2D eigenvalue weighted by Crippen LogP contribution is 2.52. The van der Waals surface area contributed by atoms with Gasteiger partial charge < -0.3 is 18.3 Å². The molecule has 0 bridgehead atoms. The van der Waals surface area contributed by atoms with Crippen molar-refractivity contribution in [1.82, 2.24) is 18.3 Å². The van der Waals surface area contributed by atoms with Gasteiger partial charge in [-0.1, -0.05) is 206 Å². The standard InChI is InChI=1S/C74H42N6S/c75-43-58-59(44-76)70(80-66-39-20-32-55(47-24-5-4-23-46(47)45-21-2-1-3-22-45)68(66)57-42-41-56-54-31-12-19-40-67(54)81-74(56)71(57)80)73(79-64-37-17-10-29-52(64)53-30-11-18-38-65(53)79)72(78-62-35-15-8-27-50(62)51-28-9-16-36-63(51)78)69(58)77-60-33-13-6-25-48(60)49-26-7-14-34-61(49)77/h1-42H. The number of fused-ring (bicyclic) bond motifs is 16. The summed E-state index contributed by atoms with van der Waals surface area (Å²) >= 11 is 1.77. The van der Waals surface area contributed by atoms with Crippen LogP contribution in [0.3, 0.4) is 0 Å². The van der Waals surface area contributed by atoms with Crippen molar-refractivity contribution in [3.63, 3.8) is 0 Å². The monoisotopic (exact) mass is 1050 g/mol. The molecule has 81 heavy (non-hydrogen) atoms. The van der Waals surface area contributed by atoms with Crippen molar-refractivity contribution in [2.24, 2.45) is 0 Å². The summed E-state index contributed by atoms with van der Waals surface area (Å²) in [4.78, 5) is 0. The highest BCUT2D eigenvalue weighted by molar-refractivity contribution is 7.26. The Bertz CT molecular complexity index is 5470. The molecule has 0 radical (unpaired) electrons. The van der Waals surface area contributed by atoms with Crippen LogP contribution in [0.2, 0.25) is 0 Å². The lowest BCUT2D eigenvalue weighted by molar-refractivity contribution is 1.01. The number of nitrogens with zero attached hydrogens (tertiary/aromatic N) is 6. The largest absolute Gasteiger partial charge is 0.306 e. The van der Waals surface area contributed by atoms with Crippen LogP contribution in [-0.4, -0.2) is 18.3 Å². The second-order valence-electron chi connectivity index (χ2n) is 20.9. The molecule has 6 nitrogen and oxygen atoms in total. The molecule has 7 heteroatoms. The normalized spacial score (nSPS) is 11.9. The quantitative estimate of drug-likeness (QED) is 0.167. The average molecular weight is 1050 g/mol. The van der Waals surface area contributed by atoms with Gasteiger partial charge in [0.15, 0.2) is 0 Å². The van der Waals surface area contributed by atoms with Crippen LogP contribution >= 0.6 is 11.3 Å². The van der Waals surface area contributed by atoms with Gasteiger partial charge in [-0.15, -0.1) is 11.3 Å². The zero-order valence-electron chi connectivity index (χ0n) is 43.3. The summed E-state index contributed by atoms with van der Waals surface area (Å²) in [6.45, 7) is 0. The lowest BCUT2D eigenvalue weighted by Crippen LogP contribution is -2.17. The molecule has 5 heterocycles. The molecule has 17 aromatic rings. The van der Waals surface area contributed by atoms with Crippen molar-refractivity contribution in [3.05, 3.63) is 266 Å². The molecule has 5 aromatic heterocycles. The van der Waals surface area contributed by atoms with Crippen LogP contribution in [-0.2, 0) is 0 Å². The Morgan fingerprint density at radius 1 is 0.272 bits per heavy atom. The topological polar surface area (TPSA) is 67.3 Å². The number of aromatic nitrogens is 4. The first-order valence-corrected chi connectivity index (χ1v) is 28.0. The van der Waals surface area contributed by atoms with E-state index in [1.165, 1.54) is 10.1 Å². The predicted molar refractivity (Wildman–Crippen MR) is 337 cm³/mol. The van der Waals surface area contributed by atoms with Crippen LogP contribution in [0.5, 0.6) is 0 Å². The predicted octanol–water partition coefficient (Wildman–Crippen LogP) is 19.5. The second-order valence-corrected chi connectivity index (χ2v) is 21.9. The summed E-state index contributed by atoms with van der Waals surface area (Å²) in [5, 5.41) is 35.9. The molecule has 0 fully saturated rings. The summed E-state index contributed by atoms with van der Waals surface area (Å²) in [5.41, 5.74) is 15.3. The highest BCUT2D eigenvalue weighted by atomic mass is 32.1. The van der Waals surface area contributed by atoms with E-state index in [2.05, 4.69) is 285 Å². The van der Waals surface area contributed by atoms with Crippen molar-refractivity contribution in [3.8, 4) is 57.1 Å². The molecule has 0 spiro atoms. The SMILES string of the molecule is N#Cc1c(C#N)c(-n2c3cccc(-c4ccccc4-c4ccccc4)c3c3ccc4c5ccccc5sc4c32)c(-n2c3ccccc3c3ccccc32)c(-n2c3ccccc3c3ccccc32)c1-n1c2ccccc2c2ccccc21. The van der Waals surface area contributed by atoms with Crippen molar-refractivity contribution in [2.45, 2.75) is 0 Å². The summed E-state index contributed by atoms with van der Waals surface area (Å²) in [6.07, 6.45) is 0. The third-order valence-corrected chi connectivity index (χ3v) is 18.0. The minimum atomic E-state index is 0.266. The number of thiophene rings is 1. The molecule has 0 saturated heterocycles. The van der Waals surface area contributed by atoms with Crippen molar-refractivity contribution >= 4 is 119 Å². The Hall–Kier alpha value is -11.0. The third-order valence-electron chi connectivity index (χ3n) is 16.9. The van der Waals surface area contributed by atoms with Gasteiger partial charge in [-0.05, 0) is 70.8 Å². The van der Waals surface area contributed by atoms with Crippen LogP contribution in [0, 0.1) is 22.7 Å². The van der Waals surface area contributed by atoms with Crippen LogP contribution in [0.1, 0.15) is 11.1 Å². The molecule has 0 aliphatic carbocycles. The van der Waals surface area contributed by atoms with Gasteiger partial charge in [0.2, 0.25) is 0 Å². The highest BCUT2D eigenvalue weighted by Gasteiger charge is 2.35. The Morgan fingerprint density at radius 3 is 1.14 bits per heavy atom. The van der Waals surface area contributed by atoms with E-state index in [0.717, 1.165) is 131 Å². The fraction of sp³-hybridized carbons (Fsp3) is 0. The molecular weight excluding hydrogens is 1000 g/mol. The summed E-state index contributed by atoms with van der Waals surface area (Å²) in [5.74, 6) is 0. The second kappa shape index (κ2) is 17.3. The average Bonchev–Trinajstić information content (AvgIpc) is 3.07. The van der Waals surface area contributed by atoms with Gasteiger partial charge in [0.25, 0.3) is 0 Å². The minimum absolute atomic E-state index is 0.266. The molecule has 0 saturated carbocycles. The lowest BCUT2D eigenvalue weighted by atomic mass is 9.92. The molecule has 0 unspecified atom stereocenters. The van der Waals surface area contributed by atoms with Crippen LogP contribution in [0.4, 0.5) is 0 Å². The molecule has 0 aliphatic rings. The maximum Gasteiger partial charge on any atom is 0.103 e. The first-order valence-electron chi connectivity index (χ1n) is 27.2. The maximum absolute atomic E-state index is 12.6. The van der Waals surface area contributed by atoms with Gasteiger partial charge in [0, 0.05) is 58.6 Å². The van der Waals surface area contributed by atoms with Gasteiger partial charge in [-0.3, -0.25) is 0 Å². The Balaban J connectivity index is 1.19. The van der Waals surface area contributed by atoms with E-state index in [-0.39, 0.29) is 11.1 Å². The zero-order chi connectivity index (χ0) is 53.4. The van der Waals surface area contributed by atoms with E-state index in [0.29, 0.717) is 11.4 Å². The van der Waals surface area contributed by atoms with Gasteiger partial charge in [-0.2, -0.15) is 10.5 Å². The molecule has 0 amide bonds. The molecule has 17 rings (SSSR count). The smallest absolute Gasteiger partial charge is 0.103 e. The fourth-order valence-electron chi connectivity index (χ4n) is 13.6. The Morgan fingerprint density at radius 2 is 0.642 bits per heavy atom. The number of para-hydroxylation sites is 6. The van der Waals surface area contributed by atoms with E-state index in [1.807, 2.05) is 0 Å². The summed E-state index contributed by atoms with van der Waals surface area (Å²) < 4.78 is 11.7. The van der Waals surface area contributed by atoms with Gasteiger partial charge in [-0.25, -0.2) is 0 Å². The van der Waals surface area contributed by atoms with Gasteiger partial charge in [0.05, 0.1) is 82.7 Å². The molecule has 0 N–H and O–H groups in total. The zero-order valence-corrected chi connectivity index (χ0v) is 44.2. The molecular formula is C74H42N6S. The van der Waals surface area contributed by atoms with E-state index < -0.39 is 0 Å². The number of rotatable bonds is 6. The number of benzene rings is 12. The number of hydrogen-bond donors (Lipinski definition) is 0. The van der Waals surface area contributed by atoms with Crippen LogP contribution < -0.4 is 0 Å². The van der Waals surface area contributed by atoms with Crippen LogP contribution in [0.15, 0.2) is 255 Å². The Labute approximate surface area is 467 Å². The first-order chi connectivity index (χ1) is 40.2. The summed E-state index contributed by atoms with van der Waals surface area (Å²) in [7, 11) is 0. The fourth-order valence-corrected chi connectivity index (χ4v) is 14.9. The van der Waals surface area contributed by atoms with E-state index in [9.17, 15) is 10.5 Å². The number of nitriles is 2. The maximum atomic E-state index is 12.6. The third kappa shape index (κ3) is 6.18. The minimum Gasteiger partial charge on any atom is -0.306 e. The summed E-state index contributed by atoms with van der Waals surface area (Å²) in [6, 6.07) is 96.2.